The van der Waals surface area contributed by atoms with E-state index < -0.39 is 0 Å². The lowest BCUT2D eigenvalue weighted by Gasteiger charge is -2.04. The Morgan fingerprint density at radius 2 is 2.25 bits per heavy atom. The van der Waals surface area contributed by atoms with Crippen LogP contribution in [0.3, 0.4) is 0 Å². The molecule has 0 bridgehead atoms. The van der Waals surface area contributed by atoms with Crippen LogP contribution >= 0.6 is 15.9 Å². The highest BCUT2D eigenvalue weighted by atomic mass is 79.9. The lowest BCUT2D eigenvalue weighted by atomic mass is 10.4. The molecule has 1 radical (unpaired) electrons. The first-order valence-corrected chi connectivity index (χ1v) is 2.91. The quantitative estimate of drug-likeness (QED) is 0.556. The lowest BCUT2D eigenvalue weighted by molar-refractivity contribution is 0.495. The van der Waals surface area contributed by atoms with Crippen molar-refractivity contribution in [2.45, 2.75) is 0 Å². The van der Waals surface area contributed by atoms with Gasteiger partial charge in [-0.15, -0.1) is 0 Å². The molecule has 1 nitrogen and oxygen atoms in total. The van der Waals surface area contributed by atoms with Crippen molar-refractivity contribution >= 4 is 15.9 Å². The average Bonchev–Trinajstić information content (AvgIpc) is 1.77. The summed E-state index contributed by atoms with van der Waals surface area (Å²) in [6, 6.07) is 0. The average molecular weight is 177 g/mol. The minimum Gasteiger partial charge on any atom is -0.351 e. The van der Waals surface area contributed by atoms with Gasteiger partial charge < -0.3 is 5.32 Å². The van der Waals surface area contributed by atoms with Crippen LogP contribution in [0.1, 0.15) is 0 Å². The number of allylic oxidation sites excluding steroid dienone is 2. The summed E-state index contributed by atoms with van der Waals surface area (Å²) >= 11 is 3.15. The second kappa shape index (κ2) is 2.31. The first kappa shape index (κ1) is 5.82. The van der Waals surface area contributed by atoms with Crippen LogP contribution in [0.25, 0.3) is 0 Å². The maximum Gasteiger partial charge on any atom is 0.256 e. The van der Waals surface area contributed by atoms with E-state index in [0.717, 1.165) is 4.48 Å². The summed E-state index contributed by atoms with van der Waals surface area (Å²) in [6.45, 7) is 0. The minimum absolute atomic E-state index is 0.326. The van der Waals surface area contributed by atoms with E-state index in [4.69, 9.17) is 0 Å². The molecule has 0 amide bonds. The largest absolute Gasteiger partial charge is 0.351 e. The van der Waals surface area contributed by atoms with Gasteiger partial charge in [0.05, 0.1) is 0 Å². The summed E-state index contributed by atoms with van der Waals surface area (Å²) in [5.74, 6) is 0. The zero-order valence-corrected chi connectivity index (χ0v) is 5.57. The summed E-state index contributed by atoms with van der Waals surface area (Å²) in [5.41, 5.74) is 0. The van der Waals surface area contributed by atoms with Crippen molar-refractivity contribution in [1.29, 1.82) is 0 Å². The van der Waals surface area contributed by atoms with E-state index in [1.54, 1.807) is 6.08 Å². The smallest absolute Gasteiger partial charge is 0.256 e. The van der Waals surface area contributed by atoms with Crippen LogP contribution in [0.5, 0.6) is 0 Å². The molecule has 0 aromatic heterocycles. The van der Waals surface area contributed by atoms with Crippen LogP contribution in [-0.4, -0.2) is 0 Å². The standard InChI is InChI=1S/C5H4BrFN/c6-4-1-2-5(7)8-3-4/h1-3,8H. The van der Waals surface area contributed by atoms with Crippen LogP contribution in [0.4, 0.5) is 4.39 Å². The second-order valence-corrected chi connectivity index (χ2v) is 2.27. The van der Waals surface area contributed by atoms with Gasteiger partial charge in [0.2, 0.25) is 0 Å². The molecule has 1 N–H and O–H groups in total. The number of rotatable bonds is 0. The lowest BCUT2D eigenvalue weighted by Crippen LogP contribution is -2.09. The van der Waals surface area contributed by atoms with Crippen LogP contribution in [0.2, 0.25) is 0 Å². The van der Waals surface area contributed by atoms with Gasteiger partial charge in [-0.3, -0.25) is 0 Å². The summed E-state index contributed by atoms with van der Waals surface area (Å²) < 4.78 is 12.9. The maximum absolute atomic E-state index is 12.0. The van der Waals surface area contributed by atoms with Crippen molar-refractivity contribution in [2.24, 2.45) is 0 Å². The minimum atomic E-state index is -0.326. The number of hydrogen-bond donors (Lipinski definition) is 1. The van der Waals surface area contributed by atoms with Crippen molar-refractivity contribution in [2.75, 3.05) is 0 Å². The molecular formula is C5H4BrFN. The molecular weight excluding hydrogens is 173 g/mol. The Bertz CT molecular complexity index is 141. The van der Waals surface area contributed by atoms with Crippen LogP contribution in [0, 0.1) is 6.30 Å². The monoisotopic (exact) mass is 176 g/mol. The Balaban J connectivity index is 2.58. The molecule has 1 rings (SSSR count). The molecule has 43 valence electrons. The Hall–Kier alpha value is -0.310. The van der Waals surface area contributed by atoms with Crippen molar-refractivity contribution < 1.29 is 4.39 Å². The van der Waals surface area contributed by atoms with Gasteiger partial charge in [-0.1, -0.05) is 0 Å². The number of halogens is 2. The molecule has 0 saturated heterocycles. The fourth-order valence-corrected chi connectivity index (χ4v) is 0.634. The molecule has 1 aliphatic rings. The highest BCUT2D eigenvalue weighted by molar-refractivity contribution is 9.11. The molecule has 0 unspecified atom stereocenters. The van der Waals surface area contributed by atoms with Gasteiger partial charge in [-0.05, 0) is 28.1 Å². The zero-order valence-electron chi connectivity index (χ0n) is 3.99. The highest BCUT2D eigenvalue weighted by Crippen LogP contribution is 2.13. The van der Waals surface area contributed by atoms with Crippen molar-refractivity contribution in [1.82, 2.24) is 5.32 Å². The molecule has 0 aromatic carbocycles. The molecule has 8 heavy (non-hydrogen) atoms. The SMILES string of the molecule is F[C]1C=CC(Br)=CN1. The topological polar surface area (TPSA) is 12.0 Å². The molecule has 1 heterocycles. The van der Waals surface area contributed by atoms with E-state index in [-0.39, 0.29) is 6.30 Å². The molecule has 0 saturated carbocycles. The van der Waals surface area contributed by atoms with E-state index in [0.29, 0.717) is 0 Å². The van der Waals surface area contributed by atoms with Gasteiger partial charge in [0.25, 0.3) is 6.30 Å². The van der Waals surface area contributed by atoms with E-state index >= 15 is 0 Å². The van der Waals surface area contributed by atoms with E-state index in [2.05, 4.69) is 21.2 Å². The maximum atomic E-state index is 12.0. The fourth-order valence-electron chi connectivity index (χ4n) is 0.387. The van der Waals surface area contributed by atoms with Gasteiger partial charge in [0, 0.05) is 10.7 Å². The van der Waals surface area contributed by atoms with E-state index in [1.807, 2.05) is 0 Å². The summed E-state index contributed by atoms with van der Waals surface area (Å²) in [7, 11) is 0. The molecule has 0 atom stereocenters. The summed E-state index contributed by atoms with van der Waals surface area (Å²) in [6.07, 6.45) is 4.19. The Morgan fingerprint density at radius 3 is 2.62 bits per heavy atom. The third kappa shape index (κ3) is 1.33. The van der Waals surface area contributed by atoms with Gasteiger partial charge in [-0.25, -0.2) is 4.39 Å². The second-order valence-electron chi connectivity index (χ2n) is 1.35. The zero-order chi connectivity index (χ0) is 5.98. The van der Waals surface area contributed by atoms with E-state index in [9.17, 15) is 4.39 Å². The van der Waals surface area contributed by atoms with Gasteiger partial charge in [-0.2, -0.15) is 0 Å². The third-order valence-corrected chi connectivity index (χ3v) is 1.23. The summed E-state index contributed by atoms with van der Waals surface area (Å²) in [5, 5.41) is 2.39. The van der Waals surface area contributed by atoms with Crippen LogP contribution in [-0.2, 0) is 0 Å². The third-order valence-electron chi connectivity index (χ3n) is 0.737. The van der Waals surface area contributed by atoms with Crippen molar-refractivity contribution in [3.8, 4) is 0 Å². The van der Waals surface area contributed by atoms with Gasteiger partial charge in [0.1, 0.15) is 0 Å². The van der Waals surface area contributed by atoms with Gasteiger partial charge >= 0.3 is 0 Å². The normalized spacial score (nSPS) is 20.0. The van der Waals surface area contributed by atoms with Gasteiger partial charge in [0.15, 0.2) is 0 Å². The predicted octanol–water partition coefficient (Wildman–Crippen LogP) is 1.84. The summed E-state index contributed by atoms with van der Waals surface area (Å²) in [4.78, 5) is 0. The first-order chi connectivity index (χ1) is 3.79. The van der Waals surface area contributed by atoms with Crippen LogP contribution < -0.4 is 5.32 Å². The predicted molar refractivity (Wildman–Crippen MR) is 33.6 cm³/mol. The van der Waals surface area contributed by atoms with Crippen molar-refractivity contribution in [3.63, 3.8) is 0 Å². The molecule has 0 aromatic rings. The van der Waals surface area contributed by atoms with Crippen molar-refractivity contribution in [3.05, 3.63) is 29.1 Å². The first-order valence-electron chi connectivity index (χ1n) is 2.12. The molecule has 0 spiro atoms. The number of nitrogens with one attached hydrogen (secondary N) is 1. The molecule has 0 aliphatic carbocycles. The van der Waals surface area contributed by atoms with E-state index in [1.165, 1.54) is 12.3 Å². The number of dihydropyridines is 1. The molecule has 3 heteroatoms. The Labute approximate surface area is 55.4 Å². The molecule has 0 fully saturated rings. The Morgan fingerprint density at radius 1 is 1.50 bits per heavy atom. The Kier molecular flexibility index (Phi) is 1.68. The number of hydrogen-bond acceptors (Lipinski definition) is 1. The highest BCUT2D eigenvalue weighted by Gasteiger charge is 2.02. The fraction of sp³-hybridized carbons (Fsp3) is 0. The van der Waals surface area contributed by atoms with Crippen LogP contribution in [0.15, 0.2) is 22.8 Å². The molecule has 1 aliphatic heterocycles.